The van der Waals surface area contributed by atoms with Crippen LogP contribution in [-0.4, -0.2) is 22.5 Å². The van der Waals surface area contributed by atoms with Crippen molar-refractivity contribution in [3.63, 3.8) is 0 Å². The Bertz CT molecular complexity index is 536. The van der Waals surface area contributed by atoms with Crippen LogP contribution >= 0.6 is 23.8 Å². The minimum Gasteiger partial charge on any atom is -0.328 e. The van der Waals surface area contributed by atoms with E-state index in [1.807, 2.05) is 12.1 Å². The molecule has 5 heteroatoms. The average Bonchev–Trinajstić information content (AvgIpc) is 2.60. The van der Waals surface area contributed by atoms with Crippen LogP contribution in [0, 0.1) is 0 Å². The molecule has 1 fully saturated rings. The van der Waals surface area contributed by atoms with Crippen molar-refractivity contribution in [3.8, 4) is 0 Å². The Morgan fingerprint density at radius 2 is 2.06 bits per heavy atom. The molecule has 1 amide bonds. The second-order valence-electron chi connectivity index (χ2n) is 3.74. The molecule has 0 spiro atoms. The number of halogens is 1. The smallest absolute Gasteiger partial charge is 0.276 e. The van der Waals surface area contributed by atoms with E-state index in [1.54, 1.807) is 24.3 Å². The first-order valence-electron chi connectivity index (χ1n) is 5.33. The van der Waals surface area contributed by atoms with Crippen molar-refractivity contribution in [1.82, 2.24) is 10.2 Å². The van der Waals surface area contributed by atoms with Crippen LogP contribution in [0.5, 0.6) is 0 Å². The second-order valence-corrected chi connectivity index (χ2v) is 4.57. The van der Waals surface area contributed by atoms with Gasteiger partial charge in [-0.15, -0.1) is 6.58 Å². The summed E-state index contributed by atoms with van der Waals surface area (Å²) in [6, 6.07) is 7.22. The van der Waals surface area contributed by atoms with Crippen LogP contribution in [0.15, 0.2) is 42.6 Å². The predicted molar refractivity (Wildman–Crippen MR) is 77.1 cm³/mol. The Kier molecular flexibility index (Phi) is 3.79. The molecule has 18 heavy (non-hydrogen) atoms. The molecule has 1 aliphatic rings. The zero-order valence-electron chi connectivity index (χ0n) is 9.52. The van der Waals surface area contributed by atoms with E-state index in [0.29, 0.717) is 22.4 Å². The van der Waals surface area contributed by atoms with Crippen LogP contribution in [0.4, 0.5) is 0 Å². The molecule has 1 heterocycles. The van der Waals surface area contributed by atoms with Gasteiger partial charge in [0.25, 0.3) is 5.91 Å². The third-order valence-electron chi connectivity index (χ3n) is 2.45. The van der Waals surface area contributed by atoms with Crippen LogP contribution in [0.25, 0.3) is 6.08 Å². The lowest BCUT2D eigenvalue weighted by Crippen LogP contribution is -2.30. The number of carbonyl (C=O) groups excluding carboxylic acids is 1. The predicted octanol–water partition coefficient (Wildman–Crippen LogP) is 2.58. The van der Waals surface area contributed by atoms with E-state index in [9.17, 15) is 4.79 Å². The normalized spacial score (nSPS) is 17.2. The highest BCUT2D eigenvalue weighted by atomic mass is 35.5. The molecule has 0 saturated carbocycles. The first-order valence-corrected chi connectivity index (χ1v) is 6.11. The van der Waals surface area contributed by atoms with Gasteiger partial charge in [0.1, 0.15) is 5.70 Å². The summed E-state index contributed by atoms with van der Waals surface area (Å²) in [5, 5.41) is 3.95. The van der Waals surface area contributed by atoms with Gasteiger partial charge in [0.2, 0.25) is 0 Å². The number of benzene rings is 1. The molecule has 92 valence electrons. The first kappa shape index (κ1) is 12.8. The van der Waals surface area contributed by atoms with Crippen molar-refractivity contribution in [2.45, 2.75) is 0 Å². The lowest BCUT2D eigenvalue weighted by atomic mass is 10.2. The minimum atomic E-state index is -0.144. The van der Waals surface area contributed by atoms with E-state index in [4.69, 9.17) is 23.8 Å². The van der Waals surface area contributed by atoms with E-state index in [0.717, 1.165) is 5.56 Å². The summed E-state index contributed by atoms with van der Waals surface area (Å²) >= 11 is 10.9. The van der Waals surface area contributed by atoms with Crippen molar-refractivity contribution < 1.29 is 4.79 Å². The van der Waals surface area contributed by atoms with Crippen LogP contribution in [0.1, 0.15) is 5.56 Å². The summed E-state index contributed by atoms with van der Waals surface area (Å²) in [5.41, 5.74) is 1.35. The van der Waals surface area contributed by atoms with Gasteiger partial charge in [0, 0.05) is 11.6 Å². The second kappa shape index (κ2) is 5.33. The monoisotopic (exact) mass is 278 g/mol. The SMILES string of the molecule is C=CCN1C(=O)/C(=C/c2ccc(Cl)cc2)NC1=S. The van der Waals surface area contributed by atoms with E-state index in [2.05, 4.69) is 11.9 Å². The maximum Gasteiger partial charge on any atom is 0.276 e. The van der Waals surface area contributed by atoms with Crippen LogP contribution in [0.2, 0.25) is 5.02 Å². The highest BCUT2D eigenvalue weighted by Gasteiger charge is 2.29. The highest BCUT2D eigenvalue weighted by Crippen LogP contribution is 2.16. The fraction of sp³-hybridized carbons (Fsp3) is 0.0769. The van der Waals surface area contributed by atoms with Gasteiger partial charge in [0.05, 0.1) is 0 Å². The van der Waals surface area contributed by atoms with Crippen molar-refractivity contribution >= 4 is 40.9 Å². The van der Waals surface area contributed by atoms with Crippen molar-refractivity contribution in [2.75, 3.05) is 6.54 Å². The summed E-state index contributed by atoms with van der Waals surface area (Å²) in [6.45, 7) is 4.00. The number of hydrogen-bond donors (Lipinski definition) is 1. The Hall–Kier alpha value is -1.65. The molecule has 0 aromatic heterocycles. The van der Waals surface area contributed by atoms with Gasteiger partial charge < -0.3 is 5.32 Å². The van der Waals surface area contributed by atoms with E-state index in [1.165, 1.54) is 4.90 Å². The number of hydrogen-bond acceptors (Lipinski definition) is 2. The Morgan fingerprint density at radius 1 is 1.39 bits per heavy atom. The first-order chi connectivity index (χ1) is 8.61. The van der Waals surface area contributed by atoms with Gasteiger partial charge >= 0.3 is 0 Å². The molecule has 1 N–H and O–H groups in total. The van der Waals surface area contributed by atoms with Crippen LogP contribution in [0.3, 0.4) is 0 Å². The van der Waals surface area contributed by atoms with Crippen molar-refractivity contribution in [2.24, 2.45) is 0 Å². The number of amides is 1. The summed E-state index contributed by atoms with van der Waals surface area (Å²) in [7, 11) is 0. The summed E-state index contributed by atoms with van der Waals surface area (Å²) in [4.78, 5) is 13.5. The molecule has 1 aromatic rings. The standard InChI is InChI=1S/C13H11ClN2OS/c1-2-7-16-12(17)11(15-13(16)18)8-9-3-5-10(14)6-4-9/h2-6,8H,1,7H2,(H,15,18)/b11-8-. The minimum absolute atomic E-state index is 0.144. The number of rotatable bonds is 3. The fourth-order valence-electron chi connectivity index (χ4n) is 1.59. The lowest BCUT2D eigenvalue weighted by molar-refractivity contribution is -0.122. The number of nitrogens with one attached hydrogen (secondary N) is 1. The topological polar surface area (TPSA) is 32.3 Å². The third-order valence-corrected chi connectivity index (χ3v) is 3.03. The number of thiocarbonyl (C=S) groups is 1. The van der Waals surface area contributed by atoms with Gasteiger partial charge in [-0.2, -0.15) is 0 Å². The quantitative estimate of drug-likeness (QED) is 0.524. The molecule has 1 aromatic carbocycles. The molecular weight excluding hydrogens is 268 g/mol. The molecule has 2 rings (SSSR count). The zero-order valence-corrected chi connectivity index (χ0v) is 11.1. The largest absolute Gasteiger partial charge is 0.328 e. The lowest BCUT2D eigenvalue weighted by Gasteiger charge is -2.09. The molecular formula is C13H11ClN2OS. The van der Waals surface area contributed by atoms with E-state index < -0.39 is 0 Å². The number of carbonyl (C=O) groups is 1. The molecule has 1 aliphatic heterocycles. The fourth-order valence-corrected chi connectivity index (χ4v) is 1.99. The maximum atomic E-state index is 12.0. The molecule has 0 bridgehead atoms. The Morgan fingerprint density at radius 3 is 2.67 bits per heavy atom. The Balaban J connectivity index is 2.24. The van der Waals surface area contributed by atoms with Gasteiger partial charge in [-0.05, 0) is 36.0 Å². The molecule has 0 radical (unpaired) electrons. The maximum absolute atomic E-state index is 12.0. The van der Waals surface area contributed by atoms with Crippen LogP contribution in [-0.2, 0) is 4.79 Å². The average molecular weight is 279 g/mol. The Labute approximate surface area is 116 Å². The van der Waals surface area contributed by atoms with Gasteiger partial charge in [-0.1, -0.05) is 29.8 Å². The van der Waals surface area contributed by atoms with Crippen LogP contribution < -0.4 is 5.32 Å². The van der Waals surface area contributed by atoms with Crippen molar-refractivity contribution in [1.29, 1.82) is 0 Å². The third kappa shape index (κ3) is 2.60. The van der Waals surface area contributed by atoms with Gasteiger partial charge in [0.15, 0.2) is 5.11 Å². The molecule has 0 unspecified atom stereocenters. The summed E-state index contributed by atoms with van der Waals surface area (Å²) in [6.07, 6.45) is 3.38. The molecule has 1 saturated heterocycles. The van der Waals surface area contributed by atoms with E-state index >= 15 is 0 Å². The zero-order chi connectivity index (χ0) is 13.1. The number of nitrogens with zero attached hydrogens (tertiary/aromatic N) is 1. The van der Waals surface area contributed by atoms with Crippen molar-refractivity contribution in [3.05, 3.63) is 53.2 Å². The molecule has 0 atom stereocenters. The van der Waals surface area contributed by atoms with Gasteiger partial charge in [-0.3, -0.25) is 9.69 Å². The van der Waals surface area contributed by atoms with E-state index in [-0.39, 0.29) is 5.91 Å². The highest BCUT2D eigenvalue weighted by molar-refractivity contribution is 7.80. The molecule has 0 aliphatic carbocycles. The summed E-state index contributed by atoms with van der Waals surface area (Å²) in [5.74, 6) is -0.144. The summed E-state index contributed by atoms with van der Waals surface area (Å²) < 4.78 is 0. The molecule has 3 nitrogen and oxygen atoms in total. The van der Waals surface area contributed by atoms with Gasteiger partial charge in [-0.25, -0.2) is 0 Å².